The van der Waals surface area contributed by atoms with Crippen molar-refractivity contribution in [2.75, 3.05) is 0 Å². The number of hydrogen-bond acceptors (Lipinski definition) is 0. The summed E-state index contributed by atoms with van der Waals surface area (Å²) in [5.41, 5.74) is -0.0958. The highest BCUT2D eigenvalue weighted by Gasteiger charge is 2.25. The van der Waals surface area contributed by atoms with Crippen LogP contribution in [0.1, 0.15) is 5.56 Å². The molecule has 12 heavy (non-hydrogen) atoms. The zero-order valence-electron chi connectivity index (χ0n) is 6.11. The first-order chi connectivity index (χ1) is 5.54. The van der Waals surface area contributed by atoms with Gasteiger partial charge in [0.1, 0.15) is 0 Å². The fourth-order valence-corrected chi connectivity index (χ4v) is 1.05. The van der Waals surface area contributed by atoms with Gasteiger partial charge in [-0.2, -0.15) is 0 Å². The molecule has 1 aromatic carbocycles. The molecule has 0 saturated heterocycles. The molecule has 0 N–H and O–H groups in total. The highest BCUT2D eigenvalue weighted by Crippen LogP contribution is 2.10. The Morgan fingerprint density at radius 1 is 1.25 bits per heavy atom. The van der Waals surface area contributed by atoms with Gasteiger partial charge in [0.15, 0.2) is 0 Å². The summed E-state index contributed by atoms with van der Waals surface area (Å²) in [5, 5.41) is 0. The largest absolute Gasteiger partial charge is 0.509 e. The van der Waals surface area contributed by atoms with Gasteiger partial charge in [-0.15, -0.1) is 17.1 Å². The summed E-state index contributed by atoms with van der Waals surface area (Å²) < 4.78 is 36.4. The van der Waals surface area contributed by atoms with Crippen LogP contribution in [0.25, 0.3) is 0 Å². The number of hydrogen-bond donors (Lipinski definition) is 0. The van der Waals surface area contributed by atoms with E-state index in [4.69, 9.17) is 11.6 Å². The van der Waals surface area contributed by atoms with Gasteiger partial charge in [-0.05, 0) is 5.56 Å². The van der Waals surface area contributed by atoms with Crippen molar-refractivity contribution in [2.45, 2.75) is 5.88 Å². The predicted molar refractivity (Wildman–Crippen MR) is 44.7 cm³/mol. The molecular weight excluding hydrogens is 187 g/mol. The Kier molecular flexibility index (Phi) is 2.67. The zero-order chi connectivity index (χ0) is 9.19. The van der Waals surface area contributed by atoms with Gasteiger partial charge in [0.05, 0.1) is 0 Å². The molecule has 0 unspecified atom stereocenters. The van der Waals surface area contributed by atoms with E-state index in [-0.39, 0.29) is 5.88 Å². The number of rotatable bonds is 2. The summed E-state index contributed by atoms with van der Waals surface area (Å²) in [7, 11) is 0. The van der Waals surface area contributed by atoms with Crippen molar-refractivity contribution in [3.8, 4) is 0 Å². The minimum absolute atomic E-state index is 0.111. The Balaban J connectivity index is 3.02. The van der Waals surface area contributed by atoms with Crippen molar-refractivity contribution in [3.05, 3.63) is 29.8 Å². The molecule has 0 amide bonds. The van der Waals surface area contributed by atoms with Crippen molar-refractivity contribution in [2.24, 2.45) is 0 Å². The van der Waals surface area contributed by atoms with Gasteiger partial charge in [0.25, 0.3) is 0 Å². The maximum atomic E-state index is 12.1. The number of alkyl halides is 1. The van der Waals surface area contributed by atoms with E-state index >= 15 is 0 Å². The van der Waals surface area contributed by atoms with Crippen LogP contribution in [0.4, 0.5) is 12.9 Å². The average molecular weight is 193 g/mol. The third-order valence-electron chi connectivity index (χ3n) is 1.48. The molecular formula is C7H6BClF3-. The molecule has 0 nitrogen and oxygen atoms in total. The van der Waals surface area contributed by atoms with Crippen LogP contribution < -0.4 is 5.46 Å². The predicted octanol–water partition coefficient (Wildman–Crippen LogP) is 2.48. The average Bonchev–Trinajstić information content (AvgIpc) is 2.03. The van der Waals surface area contributed by atoms with Crippen LogP contribution in [0.5, 0.6) is 0 Å². The Bertz CT molecular complexity index is 272. The van der Waals surface area contributed by atoms with Crippen LogP contribution in [0.2, 0.25) is 0 Å². The van der Waals surface area contributed by atoms with E-state index in [1.807, 2.05) is 0 Å². The van der Waals surface area contributed by atoms with E-state index < -0.39 is 12.4 Å². The third-order valence-corrected chi connectivity index (χ3v) is 1.79. The molecule has 0 aliphatic rings. The van der Waals surface area contributed by atoms with Crippen molar-refractivity contribution < 1.29 is 12.9 Å². The lowest BCUT2D eigenvalue weighted by Gasteiger charge is -2.14. The summed E-state index contributed by atoms with van der Waals surface area (Å²) in [5.74, 6) is 0.111. The second-order valence-electron chi connectivity index (χ2n) is 2.45. The summed E-state index contributed by atoms with van der Waals surface area (Å²) in [4.78, 5) is 0. The summed E-state index contributed by atoms with van der Waals surface area (Å²) in [6.45, 7) is -4.89. The first kappa shape index (κ1) is 9.45. The van der Waals surface area contributed by atoms with Gasteiger partial charge in [-0.3, -0.25) is 0 Å². The third kappa shape index (κ3) is 2.17. The maximum absolute atomic E-state index is 12.1. The quantitative estimate of drug-likeness (QED) is 0.500. The van der Waals surface area contributed by atoms with Crippen molar-refractivity contribution in [1.82, 2.24) is 0 Å². The van der Waals surface area contributed by atoms with Crippen LogP contribution >= 0.6 is 11.6 Å². The zero-order valence-corrected chi connectivity index (χ0v) is 6.86. The van der Waals surface area contributed by atoms with Crippen LogP contribution in [-0.2, 0) is 5.88 Å². The van der Waals surface area contributed by atoms with Crippen molar-refractivity contribution in [1.29, 1.82) is 0 Å². The van der Waals surface area contributed by atoms with E-state index in [0.717, 1.165) is 12.1 Å². The molecule has 0 atom stereocenters. The Hall–Kier alpha value is -0.635. The minimum atomic E-state index is -4.89. The first-order valence-electron chi connectivity index (χ1n) is 3.39. The molecule has 0 spiro atoms. The lowest BCUT2D eigenvalue weighted by Crippen LogP contribution is -2.33. The Morgan fingerprint density at radius 2 is 1.92 bits per heavy atom. The van der Waals surface area contributed by atoms with Crippen LogP contribution in [0.3, 0.4) is 0 Å². The molecule has 0 fully saturated rings. The van der Waals surface area contributed by atoms with E-state index in [1.165, 1.54) is 6.07 Å². The monoisotopic (exact) mass is 193 g/mol. The molecule has 0 heterocycles. The van der Waals surface area contributed by atoms with Gasteiger partial charge in [-0.1, -0.05) is 24.3 Å². The van der Waals surface area contributed by atoms with Crippen LogP contribution in [-0.4, -0.2) is 6.98 Å². The lowest BCUT2D eigenvalue weighted by molar-refractivity contribution is 0.501. The van der Waals surface area contributed by atoms with Gasteiger partial charge >= 0.3 is 6.98 Å². The molecule has 0 bridgehead atoms. The fourth-order valence-electron chi connectivity index (χ4n) is 0.880. The van der Waals surface area contributed by atoms with E-state index in [9.17, 15) is 12.9 Å². The molecule has 66 valence electrons. The highest BCUT2D eigenvalue weighted by atomic mass is 35.5. The molecule has 5 heteroatoms. The van der Waals surface area contributed by atoms with E-state index in [1.54, 1.807) is 6.07 Å². The minimum Gasteiger partial charge on any atom is -0.445 e. The van der Waals surface area contributed by atoms with Crippen molar-refractivity contribution in [3.63, 3.8) is 0 Å². The fraction of sp³-hybridized carbons (Fsp3) is 0.143. The van der Waals surface area contributed by atoms with Gasteiger partial charge in [0.2, 0.25) is 0 Å². The smallest absolute Gasteiger partial charge is 0.445 e. The van der Waals surface area contributed by atoms with Gasteiger partial charge in [0, 0.05) is 5.88 Å². The second-order valence-corrected chi connectivity index (χ2v) is 2.72. The topological polar surface area (TPSA) is 0 Å². The Morgan fingerprint density at radius 3 is 2.42 bits per heavy atom. The molecule has 0 radical (unpaired) electrons. The van der Waals surface area contributed by atoms with Gasteiger partial charge < -0.3 is 12.9 Å². The Labute approximate surface area is 73.4 Å². The molecule has 0 aliphatic carbocycles. The standard InChI is InChI=1S/C7H6BClF3/c9-5-6-2-1-3-7(4-6)8(10,11)12/h1-4H,5H2/q-1. The van der Waals surface area contributed by atoms with Crippen LogP contribution in [0.15, 0.2) is 24.3 Å². The lowest BCUT2D eigenvalue weighted by atomic mass is 9.79. The number of benzene rings is 1. The van der Waals surface area contributed by atoms with E-state index in [0.29, 0.717) is 5.56 Å². The summed E-state index contributed by atoms with van der Waals surface area (Å²) in [6.07, 6.45) is 0. The maximum Gasteiger partial charge on any atom is 0.509 e. The first-order valence-corrected chi connectivity index (χ1v) is 3.92. The molecule has 0 saturated carbocycles. The summed E-state index contributed by atoms with van der Waals surface area (Å²) >= 11 is 5.39. The second kappa shape index (κ2) is 3.39. The molecule has 1 rings (SSSR count). The van der Waals surface area contributed by atoms with E-state index in [2.05, 4.69) is 0 Å². The number of halogens is 4. The highest BCUT2D eigenvalue weighted by molar-refractivity contribution is 6.73. The summed E-state index contributed by atoms with van der Waals surface area (Å²) in [6, 6.07) is 5.06. The normalized spacial score (nSPS) is 11.7. The van der Waals surface area contributed by atoms with Crippen molar-refractivity contribution >= 4 is 24.0 Å². The molecule has 1 aromatic rings. The van der Waals surface area contributed by atoms with Gasteiger partial charge in [-0.25, -0.2) is 0 Å². The van der Waals surface area contributed by atoms with Crippen LogP contribution in [0, 0.1) is 0 Å². The molecule has 0 aliphatic heterocycles. The SMILES string of the molecule is F[B-](F)(F)c1cccc(CCl)c1. The molecule has 0 aromatic heterocycles.